The van der Waals surface area contributed by atoms with E-state index in [-0.39, 0.29) is 5.91 Å². The van der Waals surface area contributed by atoms with E-state index in [0.717, 1.165) is 17.8 Å². The summed E-state index contributed by atoms with van der Waals surface area (Å²) in [4.78, 5) is 21.3. The highest BCUT2D eigenvalue weighted by Crippen LogP contribution is 2.18. The van der Waals surface area contributed by atoms with Crippen molar-refractivity contribution in [2.75, 3.05) is 26.7 Å². The second-order valence-corrected chi connectivity index (χ2v) is 6.62. The molecule has 0 aliphatic heterocycles. The maximum Gasteiger partial charge on any atom is 0.251 e. The standard InChI is InChI=1S/C23H27N5O3/c1-3-24-23(26-13-12-25-21(29)18-10-7-11-20(14-18)30-2)27-15-19-16-31-22(28-19)17-8-5-4-6-9-17/h4-11,14,16H,3,12-13,15H2,1-2H3,(H,25,29)(H2,24,26,27). The molecule has 0 saturated heterocycles. The molecule has 8 heteroatoms. The van der Waals surface area contributed by atoms with E-state index in [1.165, 1.54) is 0 Å². The van der Waals surface area contributed by atoms with Gasteiger partial charge in [0.15, 0.2) is 5.96 Å². The number of ether oxygens (including phenoxy) is 1. The third kappa shape index (κ3) is 6.60. The molecule has 31 heavy (non-hydrogen) atoms. The topological polar surface area (TPSA) is 101 Å². The molecule has 0 atom stereocenters. The first-order valence-electron chi connectivity index (χ1n) is 10.1. The fourth-order valence-electron chi connectivity index (χ4n) is 2.82. The van der Waals surface area contributed by atoms with Crippen molar-refractivity contribution < 1.29 is 13.9 Å². The number of carbonyl (C=O) groups excluding carboxylic acids is 1. The first-order chi connectivity index (χ1) is 15.2. The molecule has 162 valence electrons. The Morgan fingerprint density at radius 3 is 2.65 bits per heavy atom. The Labute approximate surface area is 181 Å². The highest BCUT2D eigenvalue weighted by atomic mass is 16.5. The second-order valence-electron chi connectivity index (χ2n) is 6.62. The van der Waals surface area contributed by atoms with Gasteiger partial charge in [-0.25, -0.2) is 9.98 Å². The number of carbonyl (C=O) groups is 1. The van der Waals surface area contributed by atoms with Crippen molar-refractivity contribution in [3.63, 3.8) is 0 Å². The minimum absolute atomic E-state index is 0.154. The predicted molar refractivity (Wildman–Crippen MR) is 120 cm³/mol. The van der Waals surface area contributed by atoms with Gasteiger partial charge in [0.2, 0.25) is 5.89 Å². The number of aliphatic imine (C=N–C) groups is 1. The van der Waals surface area contributed by atoms with Crippen LogP contribution in [0.25, 0.3) is 11.5 Å². The van der Waals surface area contributed by atoms with Crippen LogP contribution in [0, 0.1) is 0 Å². The first-order valence-corrected chi connectivity index (χ1v) is 10.1. The van der Waals surface area contributed by atoms with Crippen LogP contribution in [0.3, 0.4) is 0 Å². The van der Waals surface area contributed by atoms with E-state index in [9.17, 15) is 4.79 Å². The van der Waals surface area contributed by atoms with Crippen molar-refractivity contribution >= 4 is 11.9 Å². The largest absolute Gasteiger partial charge is 0.497 e. The molecule has 1 amide bonds. The lowest BCUT2D eigenvalue weighted by Gasteiger charge is -2.11. The summed E-state index contributed by atoms with van der Waals surface area (Å²) >= 11 is 0. The Morgan fingerprint density at radius 1 is 1.06 bits per heavy atom. The van der Waals surface area contributed by atoms with Gasteiger partial charge in [-0.2, -0.15) is 0 Å². The molecule has 3 aromatic rings. The molecule has 3 rings (SSSR count). The highest BCUT2D eigenvalue weighted by Gasteiger charge is 2.08. The zero-order chi connectivity index (χ0) is 21.9. The van der Waals surface area contributed by atoms with Crippen LogP contribution < -0.4 is 20.7 Å². The summed E-state index contributed by atoms with van der Waals surface area (Å²) in [7, 11) is 1.57. The molecule has 2 aromatic carbocycles. The molecule has 0 spiro atoms. The van der Waals surface area contributed by atoms with E-state index in [4.69, 9.17) is 9.15 Å². The van der Waals surface area contributed by atoms with Gasteiger partial charge >= 0.3 is 0 Å². The Balaban J connectivity index is 1.48. The Morgan fingerprint density at radius 2 is 1.87 bits per heavy atom. The lowest BCUT2D eigenvalue weighted by molar-refractivity contribution is 0.0954. The number of methoxy groups -OCH3 is 1. The summed E-state index contributed by atoms with van der Waals surface area (Å²) in [6.45, 7) is 4.06. The first kappa shape index (κ1) is 21.9. The van der Waals surface area contributed by atoms with Crippen molar-refractivity contribution in [1.82, 2.24) is 20.9 Å². The number of nitrogens with one attached hydrogen (secondary N) is 3. The average molecular weight is 422 g/mol. The molecule has 1 heterocycles. The molecule has 0 fully saturated rings. The SMILES string of the molecule is CCNC(=NCc1coc(-c2ccccc2)n1)NCCNC(=O)c1cccc(OC)c1. The number of aromatic nitrogens is 1. The number of benzene rings is 2. The Kier molecular flexibility index (Phi) is 8.05. The smallest absolute Gasteiger partial charge is 0.251 e. The number of amides is 1. The monoisotopic (exact) mass is 421 g/mol. The van der Waals surface area contributed by atoms with Crippen LogP contribution in [-0.4, -0.2) is 43.6 Å². The fourth-order valence-corrected chi connectivity index (χ4v) is 2.82. The normalized spacial score (nSPS) is 11.1. The van der Waals surface area contributed by atoms with Crippen LogP contribution in [0.1, 0.15) is 23.0 Å². The van der Waals surface area contributed by atoms with Gasteiger partial charge in [-0.05, 0) is 37.3 Å². The van der Waals surface area contributed by atoms with Gasteiger partial charge in [-0.3, -0.25) is 4.79 Å². The second kappa shape index (κ2) is 11.4. The van der Waals surface area contributed by atoms with Crippen LogP contribution >= 0.6 is 0 Å². The molecule has 1 aromatic heterocycles. The van der Waals surface area contributed by atoms with Crippen LogP contribution in [0.15, 0.2) is 70.3 Å². The molecule has 0 aliphatic rings. The molecule has 0 radical (unpaired) electrons. The number of oxazole rings is 1. The molecule has 0 saturated carbocycles. The highest BCUT2D eigenvalue weighted by molar-refractivity contribution is 5.94. The summed E-state index contributed by atoms with van der Waals surface area (Å²) in [5, 5.41) is 9.25. The molecule has 0 aliphatic carbocycles. The number of guanidine groups is 1. The molecule has 0 bridgehead atoms. The minimum atomic E-state index is -0.154. The maximum absolute atomic E-state index is 12.3. The lowest BCUT2D eigenvalue weighted by Crippen LogP contribution is -2.41. The molecular weight excluding hydrogens is 394 g/mol. The van der Waals surface area contributed by atoms with Crippen molar-refractivity contribution in [2.45, 2.75) is 13.5 Å². The number of nitrogens with zero attached hydrogens (tertiary/aromatic N) is 2. The molecule has 8 nitrogen and oxygen atoms in total. The molecule has 0 unspecified atom stereocenters. The van der Waals surface area contributed by atoms with Crippen molar-refractivity contribution in [1.29, 1.82) is 0 Å². The Hall–Kier alpha value is -3.81. The van der Waals surface area contributed by atoms with Gasteiger partial charge in [0.1, 0.15) is 17.7 Å². The van der Waals surface area contributed by atoms with Gasteiger partial charge in [-0.15, -0.1) is 0 Å². The molecular formula is C23H27N5O3. The molecule has 3 N–H and O–H groups in total. The summed E-state index contributed by atoms with van der Waals surface area (Å²) in [6.07, 6.45) is 1.61. The van der Waals surface area contributed by atoms with Crippen LogP contribution in [0.2, 0.25) is 0 Å². The van der Waals surface area contributed by atoms with E-state index in [1.54, 1.807) is 37.6 Å². The van der Waals surface area contributed by atoms with E-state index in [2.05, 4.69) is 25.9 Å². The van der Waals surface area contributed by atoms with Gasteiger partial charge in [0.05, 0.1) is 13.7 Å². The average Bonchev–Trinajstić information content (AvgIpc) is 3.29. The summed E-state index contributed by atoms with van der Waals surface area (Å²) in [5.41, 5.74) is 2.22. The quantitative estimate of drug-likeness (QED) is 0.279. The summed E-state index contributed by atoms with van der Waals surface area (Å²) in [6, 6.07) is 16.8. The number of rotatable bonds is 9. The Bertz CT molecular complexity index is 1000. The van der Waals surface area contributed by atoms with Gasteiger partial charge < -0.3 is 25.1 Å². The number of hydrogen-bond acceptors (Lipinski definition) is 5. The van der Waals surface area contributed by atoms with E-state index in [1.807, 2.05) is 37.3 Å². The van der Waals surface area contributed by atoms with Crippen LogP contribution in [-0.2, 0) is 6.54 Å². The zero-order valence-corrected chi connectivity index (χ0v) is 17.7. The minimum Gasteiger partial charge on any atom is -0.497 e. The van der Waals surface area contributed by atoms with Gasteiger partial charge in [0, 0.05) is 30.8 Å². The van der Waals surface area contributed by atoms with Crippen LogP contribution in [0.4, 0.5) is 0 Å². The van der Waals surface area contributed by atoms with Gasteiger partial charge in [-0.1, -0.05) is 24.3 Å². The predicted octanol–water partition coefficient (Wildman–Crippen LogP) is 2.84. The fraction of sp³-hybridized carbons (Fsp3) is 0.261. The van der Waals surface area contributed by atoms with Crippen molar-refractivity contribution in [2.24, 2.45) is 4.99 Å². The van der Waals surface area contributed by atoms with E-state index in [0.29, 0.717) is 42.8 Å². The summed E-state index contributed by atoms with van der Waals surface area (Å²) < 4.78 is 10.7. The summed E-state index contributed by atoms with van der Waals surface area (Å²) in [5.74, 6) is 1.71. The lowest BCUT2D eigenvalue weighted by atomic mass is 10.2. The number of hydrogen-bond donors (Lipinski definition) is 3. The third-order valence-corrected chi connectivity index (χ3v) is 4.35. The van der Waals surface area contributed by atoms with Gasteiger partial charge in [0.25, 0.3) is 5.91 Å². The third-order valence-electron chi connectivity index (χ3n) is 4.35. The van der Waals surface area contributed by atoms with Crippen LogP contribution in [0.5, 0.6) is 5.75 Å². The van der Waals surface area contributed by atoms with Crippen molar-refractivity contribution in [3.05, 3.63) is 72.1 Å². The van der Waals surface area contributed by atoms with E-state index < -0.39 is 0 Å². The van der Waals surface area contributed by atoms with E-state index >= 15 is 0 Å². The maximum atomic E-state index is 12.3. The zero-order valence-electron chi connectivity index (χ0n) is 17.7. The van der Waals surface area contributed by atoms with Crippen molar-refractivity contribution in [3.8, 4) is 17.2 Å².